The van der Waals surface area contributed by atoms with Crippen LogP contribution in [-0.4, -0.2) is 36.5 Å². The van der Waals surface area contributed by atoms with Gasteiger partial charge in [0.05, 0.1) is 6.10 Å². The SMILES string of the molecule is CCCCCCCCCCCC(=O)OC[C@@H](O)[C@@H]1CCCO1. The van der Waals surface area contributed by atoms with Gasteiger partial charge in [0.15, 0.2) is 0 Å². The minimum Gasteiger partial charge on any atom is -0.463 e. The van der Waals surface area contributed by atoms with Crippen LogP contribution in [-0.2, 0) is 14.3 Å². The summed E-state index contributed by atoms with van der Waals surface area (Å²) in [6.45, 7) is 3.01. The first-order valence-corrected chi connectivity index (χ1v) is 9.19. The first-order valence-electron chi connectivity index (χ1n) is 9.19. The molecular formula is C18H34O4. The summed E-state index contributed by atoms with van der Waals surface area (Å²) in [5.74, 6) is -0.194. The standard InChI is InChI=1S/C18H34O4/c1-2-3-4-5-6-7-8-9-10-13-18(20)22-15-16(19)17-12-11-14-21-17/h16-17,19H,2-15H2,1H3/t16-,17+/m1/s1. The summed E-state index contributed by atoms with van der Waals surface area (Å²) >= 11 is 0. The minimum atomic E-state index is -0.672. The van der Waals surface area contributed by atoms with Gasteiger partial charge in [-0.05, 0) is 19.3 Å². The van der Waals surface area contributed by atoms with E-state index in [0.29, 0.717) is 13.0 Å². The molecule has 0 radical (unpaired) electrons. The van der Waals surface area contributed by atoms with Crippen molar-refractivity contribution in [3.63, 3.8) is 0 Å². The van der Waals surface area contributed by atoms with Crippen LogP contribution >= 0.6 is 0 Å². The molecule has 0 aromatic carbocycles. The number of ether oxygens (including phenoxy) is 2. The Kier molecular flexibility index (Phi) is 11.4. The number of carbonyl (C=O) groups excluding carboxylic acids is 1. The predicted molar refractivity (Wildman–Crippen MR) is 87.8 cm³/mol. The van der Waals surface area contributed by atoms with Crippen LogP contribution in [0.15, 0.2) is 0 Å². The van der Waals surface area contributed by atoms with Crippen LogP contribution in [0.4, 0.5) is 0 Å². The summed E-state index contributed by atoms with van der Waals surface area (Å²) in [4.78, 5) is 11.6. The van der Waals surface area contributed by atoms with Crippen LogP contribution < -0.4 is 0 Å². The molecular weight excluding hydrogens is 280 g/mol. The van der Waals surface area contributed by atoms with Crippen LogP contribution in [0.1, 0.15) is 84.0 Å². The van der Waals surface area contributed by atoms with Crippen molar-refractivity contribution >= 4 is 5.97 Å². The van der Waals surface area contributed by atoms with Crippen molar-refractivity contribution in [2.24, 2.45) is 0 Å². The summed E-state index contributed by atoms with van der Waals surface area (Å²) < 4.78 is 10.5. The molecule has 0 aromatic rings. The number of aliphatic hydroxyl groups excluding tert-OH is 1. The summed E-state index contributed by atoms with van der Waals surface area (Å²) in [6.07, 6.45) is 12.6. The van der Waals surface area contributed by atoms with Crippen molar-refractivity contribution in [3.8, 4) is 0 Å². The molecule has 0 aromatic heterocycles. The number of aliphatic hydroxyl groups is 1. The zero-order valence-electron chi connectivity index (χ0n) is 14.2. The highest BCUT2D eigenvalue weighted by Crippen LogP contribution is 2.16. The average molecular weight is 314 g/mol. The van der Waals surface area contributed by atoms with Crippen molar-refractivity contribution in [2.45, 2.75) is 96.2 Å². The number of hydrogen-bond donors (Lipinski definition) is 1. The molecule has 1 saturated heterocycles. The number of hydrogen-bond acceptors (Lipinski definition) is 4. The third-order valence-corrected chi connectivity index (χ3v) is 4.29. The highest BCUT2D eigenvalue weighted by Gasteiger charge is 2.24. The normalized spacial score (nSPS) is 19.3. The largest absolute Gasteiger partial charge is 0.463 e. The molecule has 1 fully saturated rings. The molecule has 0 amide bonds. The zero-order chi connectivity index (χ0) is 16.0. The Morgan fingerprint density at radius 3 is 2.36 bits per heavy atom. The minimum absolute atomic E-state index is 0.0704. The fourth-order valence-corrected chi connectivity index (χ4v) is 2.84. The van der Waals surface area contributed by atoms with Crippen molar-refractivity contribution in [1.29, 1.82) is 0 Å². The number of carbonyl (C=O) groups is 1. The van der Waals surface area contributed by atoms with E-state index < -0.39 is 6.10 Å². The molecule has 1 rings (SSSR count). The topological polar surface area (TPSA) is 55.8 Å². The van der Waals surface area contributed by atoms with Gasteiger partial charge < -0.3 is 14.6 Å². The number of rotatable bonds is 13. The van der Waals surface area contributed by atoms with Gasteiger partial charge >= 0.3 is 5.97 Å². The van der Waals surface area contributed by atoms with Gasteiger partial charge in [0.2, 0.25) is 0 Å². The second-order valence-electron chi connectivity index (χ2n) is 6.38. The Labute approximate surface area is 135 Å². The molecule has 0 saturated carbocycles. The van der Waals surface area contributed by atoms with E-state index in [1.54, 1.807) is 0 Å². The lowest BCUT2D eigenvalue weighted by molar-refractivity contribution is -0.149. The molecule has 1 N–H and O–H groups in total. The maximum absolute atomic E-state index is 11.6. The Morgan fingerprint density at radius 1 is 1.14 bits per heavy atom. The van der Waals surface area contributed by atoms with E-state index in [1.807, 2.05) is 0 Å². The molecule has 1 aliphatic rings. The molecule has 130 valence electrons. The van der Waals surface area contributed by atoms with Crippen LogP contribution in [0.5, 0.6) is 0 Å². The fourth-order valence-electron chi connectivity index (χ4n) is 2.84. The number of esters is 1. The van der Waals surface area contributed by atoms with Crippen LogP contribution in [0.25, 0.3) is 0 Å². The molecule has 0 spiro atoms. The monoisotopic (exact) mass is 314 g/mol. The highest BCUT2D eigenvalue weighted by atomic mass is 16.6. The molecule has 2 atom stereocenters. The van der Waals surface area contributed by atoms with Gasteiger partial charge in [-0.1, -0.05) is 58.3 Å². The lowest BCUT2D eigenvalue weighted by Gasteiger charge is -2.17. The summed E-state index contributed by atoms with van der Waals surface area (Å²) in [6, 6.07) is 0. The summed E-state index contributed by atoms with van der Waals surface area (Å²) in [5.41, 5.74) is 0. The predicted octanol–water partition coefficient (Wildman–Crippen LogP) is 3.99. The van der Waals surface area contributed by atoms with Gasteiger partial charge in [0, 0.05) is 13.0 Å². The summed E-state index contributed by atoms with van der Waals surface area (Å²) in [7, 11) is 0. The molecule has 0 unspecified atom stereocenters. The van der Waals surface area contributed by atoms with E-state index in [2.05, 4.69) is 6.92 Å². The molecule has 0 aliphatic carbocycles. The van der Waals surface area contributed by atoms with Crippen LogP contribution in [0.3, 0.4) is 0 Å². The Bertz CT molecular complexity index is 274. The molecule has 1 heterocycles. The van der Waals surface area contributed by atoms with E-state index in [1.165, 1.54) is 44.9 Å². The van der Waals surface area contributed by atoms with Gasteiger partial charge in [-0.2, -0.15) is 0 Å². The second kappa shape index (κ2) is 12.9. The lowest BCUT2D eigenvalue weighted by atomic mass is 10.1. The smallest absolute Gasteiger partial charge is 0.305 e. The Balaban J connectivity index is 1.86. The van der Waals surface area contributed by atoms with E-state index in [-0.39, 0.29) is 18.7 Å². The second-order valence-corrected chi connectivity index (χ2v) is 6.38. The molecule has 0 bridgehead atoms. The van der Waals surface area contributed by atoms with Crippen molar-refractivity contribution in [3.05, 3.63) is 0 Å². The van der Waals surface area contributed by atoms with Crippen molar-refractivity contribution < 1.29 is 19.4 Å². The molecule has 22 heavy (non-hydrogen) atoms. The van der Waals surface area contributed by atoms with Gasteiger partial charge in [-0.25, -0.2) is 0 Å². The quantitative estimate of drug-likeness (QED) is 0.412. The van der Waals surface area contributed by atoms with E-state index in [0.717, 1.165) is 25.7 Å². The maximum Gasteiger partial charge on any atom is 0.305 e. The molecule has 4 heteroatoms. The van der Waals surface area contributed by atoms with Gasteiger partial charge in [0.1, 0.15) is 12.7 Å². The van der Waals surface area contributed by atoms with E-state index in [9.17, 15) is 9.90 Å². The average Bonchev–Trinajstić information content (AvgIpc) is 3.05. The van der Waals surface area contributed by atoms with E-state index >= 15 is 0 Å². The molecule has 4 nitrogen and oxygen atoms in total. The highest BCUT2D eigenvalue weighted by molar-refractivity contribution is 5.69. The van der Waals surface area contributed by atoms with Crippen molar-refractivity contribution in [2.75, 3.05) is 13.2 Å². The molecule has 1 aliphatic heterocycles. The number of unbranched alkanes of at least 4 members (excludes halogenated alkanes) is 8. The summed E-state index contributed by atoms with van der Waals surface area (Å²) in [5, 5.41) is 9.83. The Hall–Kier alpha value is -0.610. The van der Waals surface area contributed by atoms with Gasteiger partial charge in [-0.3, -0.25) is 4.79 Å². The first-order chi connectivity index (χ1) is 10.7. The lowest BCUT2D eigenvalue weighted by Crippen LogP contribution is -2.31. The van der Waals surface area contributed by atoms with Gasteiger partial charge in [-0.15, -0.1) is 0 Å². The third-order valence-electron chi connectivity index (χ3n) is 4.29. The van der Waals surface area contributed by atoms with Gasteiger partial charge in [0.25, 0.3) is 0 Å². The van der Waals surface area contributed by atoms with E-state index in [4.69, 9.17) is 9.47 Å². The fraction of sp³-hybridized carbons (Fsp3) is 0.944. The Morgan fingerprint density at radius 2 is 1.77 bits per heavy atom. The zero-order valence-corrected chi connectivity index (χ0v) is 14.2. The third kappa shape index (κ3) is 9.42. The van der Waals surface area contributed by atoms with Crippen molar-refractivity contribution in [1.82, 2.24) is 0 Å². The van der Waals surface area contributed by atoms with Crippen LogP contribution in [0, 0.1) is 0 Å². The maximum atomic E-state index is 11.6. The first kappa shape index (κ1) is 19.4. The van der Waals surface area contributed by atoms with Crippen LogP contribution in [0.2, 0.25) is 0 Å².